The second-order valence-corrected chi connectivity index (χ2v) is 4.73. The number of halogens is 2. The lowest BCUT2D eigenvalue weighted by Crippen LogP contribution is -2.31. The van der Waals surface area contributed by atoms with Crippen LogP contribution in [0.25, 0.3) is 0 Å². The van der Waals surface area contributed by atoms with Gasteiger partial charge in [0.05, 0.1) is 17.6 Å². The molecule has 1 aliphatic rings. The molecule has 0 spiro atoms. The molecule has 2 N–H and O–H groups in total. The van der Waals surface area contributed by atoms with Crippen LogP contribution >= 0.6 is 0 Å². The van der Waals surface area contributed by atoms with E-state index in [0.29, 0.717) is 13.0 Å². The van der Waals surface area contributed by atoms with Crippen LogP contribution in [0, 0.1) is 17.6 Å². The third kappa shape index (κ3) is 3.32. The number of aliphatic hydroxyl groups is 1. The summed E-state index contributed by atoms with van der Waals surface area (Å²) < 4.78 is 32.1. The molecule has 3 unspecified atom stereocenters. The minimum absolute atomic E-state index is 0.0812. The molecule has 3 atom stereocenters. The van der Waals surface area contributed by atoms with Crippen molar-refractivity contribution in [2.75, 3.05) is 13.2 Å². The zero-order chi connectivity index (χ0) is 14.7. The van der Waals surface area contributed by atoms with Gasteiger partial charge in [0.1, 0.15) is 17.7 Å². The molecule has 0 radical (unpaired) electrons. The molecular formula is C14H17F2NO3. The predicted molar refractivity (Wildman–Crippen MR) is 67.8 cm³/mol. The fraction of sp³-hybridized carbons (Fsp3) is 0.500. The number of nitrogens with one attached hydrogen (secondary N) is 1. The van der Waals surface area contributed by atoms with Crippen molar-refractivity contribution in [1.82, 2.24) is 5.32 Å². The third-order valence-electron chi connectivity index (χ3n) is 3.25. The summed E-state index contributed by atoms with van der Waals surface area (Å²) in [6, 6.07) is 3.35. The van der Waals surface area contributed by atoms with Gasteiger partial charge in [0.15, 0.2) is 0 Å². The molecule has 4 nitrogen and oxygen atoms in total. The highest BCUT2D eigenvalue weighted by molar-refractivity contribution is 5.82. The molecule has 1 aromatic carbocycles. The van der Waals surface area contributed by atoms with Crippen LogP contribution in [0.1, 0.15) is 25.0 Å². The van der Waals surface area contributed by atoms with Crippen molar-refractivity contribution < 1.29 is 23.4 Å². The fourth-order valence-electron chi connectivity index (χ4n) is 2.11. The maximum atomic E-state index is 13.4. The van der Waals surface area contributed by atoms with Gasteiger partial charge in [0.25, 0.3) is 0 Å². The number of benzene rings is 1. The second kappa shape index (κ2) is 6.28. The molecule has 20 heavy (non-hydrogen) atoms. The molecular weight excluding hydrogens is 268 g/mol. The summed E-state index contributed by atoms with van der Waals surface area (Å²) in [6.45, 7) is 2.15. The summed E-state index contributed by atoms with van der Waals surface area (Å²) in [7, 11) is 0. The largest absolute Gasteiger partial charge is 0.386 e. The third-order valence-corrected chi connectivity index (χ3v) is 3.25. The highest BCUT2D eigenvalue weighted by atomic mass is 19.1. The number of rotatable bonds is 6. The van der Waals surface area contributed by atoms with E-state index in [1.807, 2.05) is 6.92 Å². The van der Waals surface area contributed by atoms with Gasteiger partial charge in [-0.15, -0.1) is 0 Å². The van der Waals surface area contributed by atoms with Gasteiger partial charge in [-0.1, -0.05) is 6.07 Å². The topological polar surface area (TPSA) is 58.6 Å². The second-order valence-electron chi connectivity index (χ2n) is 4.73. The highest BCUT2D eigenvalue weighted by Gasteiger charge is 2.43. The van der Waals surface area contributed by atoms with Gasteiger partial charge in [-0.05, 0) is 25.5 Å². The molecule has 110 valence electrons. The van der Waals surface area contributed by atoms with Gasteiger partial charge in [0, 0.05) is 13.2 Å². The molecule has 1 fully saturated rings. The van der Waals surface area contributed by atoms with Crippen molar-refractivity contribution in [3.63, 3.8) is 0 Å². The molecule has 6 heteroatoms. The maximum absolute atomic E-state index is 13.4. The molecule has 0 heterocycles. The Morgan fingerprint density at radius 3 is 2.75 bits per heavy atom. The van der Waals surface area contributed by atoms with Crippen LogP contribution in [0.4, 0.5) is 8.78 Å². The van der Waals surface area contributed by atoms with Crippen molar-refractivity contribution in [1.29, 1.82) is 0 Å². The van der Waals surface area contributed by atoms with E-state index in [1.54, 1.807) is 0 Å². The SMILES string of the molecule is CCOC1CC1C(=O)NCC(O)c1c(F)cccc1F. The lowest BCUT2D eigenvalue weighted by atomic mass is 10.1. The van der Waals surface area contributed by atoms with Gasteiger partial charge < -0.3 is 15.2 Å². The van der Waals surface area contributed by atoms with Crippen LogP contribution in [0.15, 0.2) is 18.2 Å². The van der Waals surface area contributed by atoms with Crippen LogP contribution in [-0.4, -0.2) is 30.3 Å². The summed E-state index contributed by atoms with van der Waals surface area (Å²) in [5.74, 6) is -2.15. The van der Waals surface area contributed by atoms with E-state index < -0.39 is 23.3 Å². The minimum atomic E-state index is -1.41. The van der Waals surface area contributed by atoms with Crippen molar-refractivity contribution in [2.45, 2.75) is 25.6 Å². The summed E-state index contributed by atoms with van der Waals surface area (Å²) >= 11 is 0. The molecule has 1 aromatic rings. The quantitative estimate of drug-likeness (QED) is 0.833. The van der Waals surface area contributed by atoms with Crippen LogP contribution in [0.3, 0.4) is 0 Å². The van der Waals surface area contributed by atoms with Crippen LogP contribution in [-0.2, 0) is 9.53 Å². The summed E-state index contributed by atoms with van der Waals surface area (Å²) in [5, 5.41) is 12.3. The Balaban J connectivity index is 1.87. The molecule has 0 saturated heterocycles. The van der Waals surface area contributed by atoms with Gasteiger partial charge in [-0.3, -0.25) is 4.79 Å². The zero-order valence-electron chi connectivity index (χ0n) is 11.1. The number of ether oxygens (including phenoxy) is 1. The zero-order valence-corrected chi connectivity index (χ0v) is 11.1. The summed E-state index contributed by atoms with van der Waals surface area (Å²) in [5.41, 5.74) is -0.426. The van der Waals surface area contributed by atoms with Gasteiger partial charge in [-0.2, -0.15) is 0 Å². The van der Waals surface area contributed by atoms with Crippen molar-refractivity contribution in [3.8, 4) is 0 Å². The van der Waals surface area contributed by atoms with E-state index in [9.17, 15) is 18.7 Å². The lowest BCUT2D eigenvalue weighted by Gasteiger charge is -2.13. The van der Waals surface area contributed by atoms with Gasteiger partial charge in [0.2, 0.25) is 5.91 Å². The Bertz CT molecular complexity index is 475. The smallest absolute Gasteiger partial charge is 0.225 e. The Morgan fingerprint density at radius 2 is 2.15 bits per heavy atom. The molecule has 0 aliphatic heterocycles. The first kappa shape index (κ1) is 14.9. The molecule has 2 rings (SSSR count). The number of amides is 1. The van der Waals surface area contributed by atoms with Crippen molar-refractivity contribution >= 4 is 5.91 Å². The Hall–Kier alpha value is -1.53. The van der Waals surface area contributed by atoms with Gasteiger partial charge >= 0.3 is 0 Å². The van der Waals surface area contributed by atoms with E-state index in [0.717, 1.165) is 12.1 Å². The Labute approximate surface area is 115 Å². The molecule has 0 aromatic heterocycles. The van der Waals surface area contributed by atoms with E-state index >= 15 is 0 Å². The number of carbonyl (C=O) groups is 1. The van der Waals surface area contributed by atoms with Crippen LogP contribution in [0.5, 0.6) is 0 Å². The average Bonchev–Trinajstić information content (AvgIpc) is 3.15. The van der Waals surface area contributed by atoms with E-state index in [2.05, 4.69) is 5.32 Å². The number of hydrogen-bond acceptors (Lipinski definition) is 3. The first-order valence-corrected chi connectivity index (χ1v) is 6.55. The average molecular weight is 285 g/mol. The monoisotopic (exact) mass is 285 g/mol. The first-order valence-electron chi connectivity index (χ1n) is 6.55. The molecule has 1 amide bonds. The number of aliphatic hydroxyl groups excluding tert-OH is 1. The Morgan fingerprint density at radius 1 is 1.50 bits per heavy atom. The maximum Gasteiger partial charge on any atom is 0.225 e. The van der Waals surface area contributed by atoms with Crippen LogP contribution in [0.2, 0.25) is 0 Å². The molecule has 0 bridgehead atoms. The number of hydrogen-bond donors (Lipinski definition) is 2. The summed E-state index contributed by atoms with van der Waals surface area (Å²) in [6.07, 6.45) is -0.851. The Kier molecular flexibility index (Phi) is 4.67. The van der Waals surface area contributed by atoms with E-state index in [1.165, 1.54) is 6.07 Å². The fourth-order valence-corrected chi connectivity index (χ4v) is 2.11. The van der Waals surface area contributed by atoms with Crippen molar-refractivity contribution in [2.24, 2.45) is 5.92 Å². The van der Waals surface area contributed by atoms with Gasteiger partial charge in [-0.25, -0.2) is 8.78 Å². The normalized spacial score (nSPS) is 22.4. The molecule has 1 aliphatic carbocycles. The summed E-state index contributed by atoms with van der Waals surface area (Å²) in [4.78, 5) is 11.7. The highest BCUT2D eigenvalue weighted by Crippen LogP contribution is 2.33. The number of carbonyl (C=O) groups excluding carboxylic acids is 1. The van der Waals surface area contributed by atoms with Crippen molar-refractivity contribution in [3.05, 3.63) is 35.4 Å². The van der Waals surface area contributed by atoms with Crippen LogP contribution < -0.4 is 5.32 Å². The minimum Gasteiger partial charge on any atom is -0.386 e. The first-order chi connectivity index (χ1) is 9.54. The predicted octanol–water partition coefficient (Wildman–Crippen LogP) is 1.54. The molecule has 1 saturated carbocycles. The van der Waals surface area contributed by atoms with E-state index in [4.69, 9.17) is 4.74 Å². The standard InChI is InChI=1S/C14H17F2NO3/c1-2-20-12-6-8(12)14(19)17-7-11(18)13-9(15)4-3-5-10(13)16/h3-5,8,11-12,18H,2,6-7H2,1H3,(H,17,19). The van der Waals surface area contributed by atoms with E-state index in [-0.39, 0.29) is 24.5 Å². The lowest BCUT2D eigenvalue weighted by molar-refractivity contribution is -0.123.